The summed E-state index contributed by atoms with van der Waals surface area (Å²) < 4.78 is 0. The van der Waals surface area contributed by atoms with Gasteiger partial charge in [-0.15, -0.1) is 0 Å². The van der Waals surface area contributed by atoms with Gasteiger partial charge in [-0.25, -0.2) is 0 Å². The smallest absolute Gasteiger partial charge is 0.269 e. The molecule has 0 bridgehead atoms. The average Bonchev–Trinajstić information content (AvgIpc) is 2.40. The molecule has 0 unspecified atom stereocenters. The zero-order valence-corrected chi connectivity index (χ0v) is 9.69. The van der Waals surface area contributed by atoms with E-state index in [0.717, 1.165) is 11.1 Å². The van der Waals surface area contributed by atoms with Crippen molar-refractivity contribution in [1.29, 1.82) is 0 Å². The molecule has 1 atom stereocenters. The Balaban J connectivity index is 2.08. The van der Waals surface area contributed by atoms with Gasteiger partial charge in [-0.1, -0.05) is 42.5 Å². The van der Waals surface area contributed by atoms with E-state index in [0.29, 0.717) is 6.42 Å². The molecule has 92 valence electrons. The van der Waals surface area contributed by atoms with Crippen LogP contribution in [0.5, 0.6) is 0 Å². The van der Waals surface area contributed by atoms with Crippen LogP contribution >= 0.6 is 0 Å². The van der Waals surface area contributed by atoms with Gasteiger partial charge in [0, 0.05) is 18.6 Å². The molecule has 18 heavy (non-hydrogen) atoms. The lowest BCUT2D eigenvalue weighted by molar-refractivity contribution is -0.384. The van der Waals surface area contributed by atoms with Crippen LogP contribution in [0.4, 0.5) is 5.69 Å². The molecule has 0 heterocycles. The van der Waals surface area contributed by atoms with Crippen LogP contribution in [0, 0.1) is 10.1 Å². The van der Waals surface area contributed by atoms with Gasteiger partial charge >= 0.3 is 0 Å². The first-order valence-electron chi connectivity index (χ1n) is 5.63. The summed E-state index contributed by atoms with van der Waals surface area (Å²) in [6.45, 7) is 0. The van der Waals surface area contributed by atoms with Crippen molar-refractivity contribution in [1.82, 2.24) is 0 Å². The maximum atomic E-state index is 10.5. The number of aliphatic hydroxyl groups is 1. The fourth-order valence-corrected chi connectivity index (χ4v) is 1.77. The molecule has 4 nitrogen and oxygen atoms in total. The summed E-state index contributed by atoms with van der Waals surface area (Å²) in [7, 11) is 0. The minimum Gasteiger partial charge on any atom is -0.388 e. The van der Waals surface area contributed by atoms with Gasteiger partial charge < -0.3 is 5.11 Å². The topological polar surface area (TPSA) is 63.4 Å². The van der Waals surface area contributed by atoms with Crippen LogP contribution in [0.3, 0.4) is 0 Å². The molecule has 2 aromatic carbocycles. The SMILES string of the molecule is O=[N+]([O-])c1ccc(C[C@H](O)c2ccccc2)cc1. The van der Waals surface area contributed by atoms with Crippen LogP contribution in [-0.4, -0.2) is 10.0 Å². The number of non-ortho nitro benzene ring substituents is 1. The normalized spacial score (nSPS) is 12.1. The maximum absolute atomic E-state index is 10.5. The average molecular weight is 243 g/mol. The van der Waals surface area contributed by atoms with Crippen LogP contribution in [0.1, 0.15) is 17.2 Å². The highest BCUT2D eigenvalue weighted by molar-refractivity contribution is 5.33. The zero-order chi connectivity index (χ0) is 13.0. The second-order valence-electron chi connectivity index (χ2n) is 4.05. The van der Waals surface area contributed by atoms with Crippen LogP contribution in [0.2, 0.25) is 0 Å². The molecule has 0 aliphatic heterocycles. The molecule has 2 rings (SSSR count). The highest BCUT2D eigenvalue weighted by Crippen LogP contribution is 2.19. The van der Waals surface area contributed by atoms with Gasteiger partial charge in [0.1, 0.15) is 0 Å². The van der Waals surface area contributed by atoms with Crippen molar-refractivity contribution in [3.63, 3.8) is 0 Å². The van der Waals surface area contributed by atoms with E-state index in [9.17, 15) is 15.2 Å². The lowest BCUT2D eigenvalue weighted by Crippen LogP contribution is -2.01. The predicted molar refractivity (Wildman–Crippen MR) is 68.2 cm³/mol. The van der Waals surface area contributed by atoms with Crippen LogP contribution in [0.25, 0.3) is 0 Å². The number of aliphatic hydroxyl groups excluding tert-OH is 1. The lowest BCUT2D eigenvalue weighted by Gasteiger charge is -2.10. The van der Waals surface area contributed by atoms with E-state index in [2.05, 4.69) is 0 Å². The van der Waals surface area contributed by atoms with Crippen molar-refractivity contribution >= 4 is 5.69 Å². The maximum Gasteiger partial charge on any atom is 0.269 e. The third-order valence-corrected chi connectivity index (χ3v) is 2.76. The van der Waals surface area contributed by atoms with Crippen molar-refractivity contribution in [2.75, 3.05) is 0 Å². The Bertz CT molecular complexity index is 522. The summed E-state index contributed by atoms with van der Waals surface area (Å²) in [6, 6.07) is 15.6. The summed E-state index contributed by atoms with van der Waals surface area (Å²) in [4.78, 5) is 10.1. The fourth-order valence-electron chi connectivity index (χ4n) is 1.77. The molecule has 0 spiro atoms. The third kappa shape index (κ3) is 2.93. The van der Waals surface area contributed by atoms with Gasteiger partial charge in [-0.2, -0.15) is 0 Å². The Morgan fingerprint density at radius 3 is 2.22 bits per heavy atom. The van der Waals surface area contributed by atoms with Crippen LogP contribution in [-0.2, 0) is 6.42 Å². The molecule has 0 radical (unpaired) electrons. The Labute approximate surface area is 105 Å². The first kappa shape index (κ1) is 12.3. The standard InChI is InChI=1S/C14H13NO3/c16-14(12-4-2-1-3-5-12)10-11-6-8-13(9-7-11)15(17)18/h1-9,14,16H,10H2/t14-/m0/s1. The van der Waals surface area contributed by atoms with Crippen molar-refractivity contribution in [2.45, 2.75) is 12.5 Å². The van der Waals surface area contributed by atoms with Crippen molar-refractivity contribution in [3.05, 3.63) is 75.8 Å². The number of nitro groups is 1. The molecule has 0 saturated heterocycles. The van der Waals surface area contributed by atoms with Gasteiger partial charge in [-0.05, 0) is 11.1 Å². The summed E-state index contributed by atoms with van der Waals surface area (Å²) in [5.41, 5.74) is 1.78. The van der Waals surface area contributed by atoms with Crippen molar-refractivity contribution < 1.29 is 10.0 Å². The Morgan fingerprint density at radius 2 is 1.67 bits per heavy atom. The summed E-state index contributed by atoms with van der Waals surface area (Å²) in [6.07, 6.45) is -0.144. The lowest BCUT2D eigenvalue weighted by atomic mass is 10.0. The summed E-state index contributed by atoms with van der Waals surface area (Å²) in [5, 5.41) is 20.5. The van der Waals surface area contributed by atoms with Gasteiger partial charge in [0.05, 0.1) is 11.0 Å². The van der Waals surface area contributed by atoms with E-state index in [4.69, 9.17) is 0 Å². The Kier molecular flexibility index (Phi) is 3.69. The highest BCUT2D eigenvalue weighted by Gasteiger charge is 2.09. The number of benzene rings is 2. The van der Waals surface area contributed by atoms with Crippen molar-refractivity contribution in [2.24, 2.45) is 0 Å². The number of rotatable bonds is 4. The highest BCUT2D eigenvalue weighted by atomic mass is 16.6. The quantitative estimate of drug-likeness (QED) is 0.663. The molecule has 4 heteroatoms. The molecule has 1 N–H and O–H groups in total. The second kappa shape index (κ2) is 5.42. The van der Waals surface area contributed by atoms with E-state index in [1.807, 2.05) is 30.3 Å². The third-order valence-electron chi connectivity index (χ3n) is 2.76. The van der Waals surface area contributed by atoms with Crippen molar-refractivity contribution in [3.8, 4) is 0 Å². The number of nitrogens with zero attached hydrogens (tertiary/aromatic N) is 1. The molecule has 0 aliphatic rings. The van der Waals surface area contributed by atoms with E-state index < -0.39 is 11.0 Å². The molecule has 0 fully saturated rings. The molecule has 0 aliphatic carbocycles. The molecule has 0 amide bonds. The van der Waals surface area contributed by atoms with Crippen LogP contribution in [0.15, 0.2) is 54.6 Å². The first-order chi connectivity index (χ1) is 8.66. The Hall–Kier alpha value is -2.20. The predicted octanol–water partition coefficient (Wildman–Crippen LogP) is 2.87. The molecular weight excluding hydrogens is 230 g/mol. The molecule has 0 saturated carbocycles. The van der Waals surface area contributed by atoms with E-state index in [1.165, 1.54) is 12.1 Å². The minimum absolute atomic E-state index is 0.0629. The molecule has 2 aromatic rings. The summed E-state index contributed by atoms with van der Waals surface area (Å²) in [5.74, 6) is 0. The fraction of sp³-hybridized carbons (Fsp3) is 0.143. The number of hydrogen-bond donors (Lipinski definition) is 1. The van der Waals surface area contributed by atoms with E-state index in [1.54, 1.807) is 12.1 Å². The van der Waals surface area contributed by atoms with Gasteiger partial charge in [0.2, 0.25) is 0 Å². The molecule has 0 aromatic heterocycles. The Morgan fingerprint density at radius 1 is 1.06 bits per heavy atom. The number of nitro benzene ring substituents is 1. The van der Waals surface area contributed by atoms with E-state index in [-0.39, 0.29) is 5.69 Å². The minimum atomic E-state index is -0.590. The van der Waals surface area contributed by atoms with Gasteiger partial charge in [-0.3, -0.25) is 10.1 Å². The number of hydrogen-bond acceptors (Lipinski definition) is 3. The van der Waals surface area contributed by atoms with Gasteiger partial charge in [0.15, 0.2) is 0 Å². The second-order valence-corrected chi connectivity index (χ2v) is 4.05. The monoisotopic (exact) mass is 243 g/mol. The van der Waals surface area contributed by atoms with E-state index >= 15 is 0 Å². The zero-order valence-electron chi connectivity index (χ0n) is 9.69. The van der Waals surface area contributed by atoms with Crippen LogP contribution < -0.4 is 0 Å². The summed E-state index contributed by atoms with van der Waals surface area (Å²) >= 11 is 0. The first-order valence-corrected chi connectivity index (χ1v) is 5.63. The van der Waals surface area contributed by atoms with Gasteiger partial charge in [0.25, 0.3) is 5.69 Å². The largest absolute Gasteiger partial charge is 0.388 e. The molecular formula is C14H13NO3.